The molecule has 1 atom stereocenters. The van der Waals surface area contributed by atoms with Crippen LogP contribution in [0.25, 0.3) is 0 Å². The standard InChI is InChI=1S/C9H17Cl3NO4P/c1-4-7(14)13-8(9(10,11)12)18(15,16-5-2)17-6-3/h8H,4-6H2,1-3H3,(H,13,14). The van der Waals surface area contributed by atoms with Gasteiger partial charge in [0.25, 0.3) is 0 Å². The molecule has 0 saturated carbocycles. The summed E-state index contributed by atoms with van der Waals surface area (Å²) >= 11 is 17.2. The smallest absolute Gasteiger partial charge is 0.339 e. The highest BCUT2D eigenvalue weighted by atomic mass is 35.6. The van der Waals surface area contributed by atoms with E-state index in [1.807, 2.05) is 0 Å². The van der Waals surface area contributed by atoms with Crippen molar-refractivity contribution in [2.45, 2.75) is 36.8 Å². The van der Waals surface area contributed by atoms with Gasteiger partial charge in [0.15, 0.2) is 5.78 Å². The molecule has 0 fully saturated rings. The number of nitrogens with one attached hydrogen (secondary N) is 1. The van der Waals surface area contributed by atoms with Crippen LogP contribution >= 0.6 is 42.4 Å². The Morgan fingerprint density at radius 3 is 1.94 bits per heavy atom. The summed E-state index contributed by atoms with van der Waals surface area (Å²) in [7, 11) is -3.75. The fraction of sp³-hybridized carbons (Fsp3) is 0.889. The Labute approximate surface area is 122 Å². The second-order valence-corrected chi connectivity index (χ2v) is 7.72. The molecule has 0 aliphatic carbocycles. The summed E-state index contributed by atoms with van der Waals surface area (Å²) < 4.78 is 20.6. The van der Waals surface area contributed by atoms with Crippen LogP contribution in [0, 0.1) is 0 Å². The quantitative estimate of drug-likeness (QED) is 0.569. The molecule has 1 unspecified atom stereocenters. The molecule has 0 rings (SSSR count). The molecular weight excluding hydrogens is 323 g/mol. The highest BCUT2D eigenvalue weighted by Crippen LogP contribution is 2.58. The number of carbonyl (C=O) groups is 1. The summed E-state index contributed by atoms with van der Waals surface area (Å²) in [6, 6.07) is 0. The zero-order valence-electron chi connectivity index (χ0n) is 10.4. The van der Waals surface area contributed by atoms with Crippen molar-refractivity contribution in [3.05, 3.63) is 0 Å². The Morgan fingerprint density at radius 2 is 1.67 bits per heavy atom. The largest absolute Gasteiger partial charge is 0.357 e. The Kier molecular flexibility index (Phi) is 8.15. The van der Waals surface area contributed by atoms with E-state index >= 15 is 0 Å². The third-order valence-electron chi connectivity index (χ3n) is 1.86. The summed E-state index contributed by atoms with van der Waals surface area (Å²) in [5.74, 6) is -1.76. The minimum absolute atomic E-state index is 0.108. The van der Waals surface area contributed by atoms with E-state index in [4.69, 9.17) is 43.9 Å². The average molecular weight is 341 g/mol. The summed E-state index contributed by atoms with van der Waals surface area (Å²) in [4.78, 5) is 11.4. The van der Waals surface area contributed by atoms with Gasteiger partial charge in [0.05, 0.1) is 13.2 Å². The number of alkyl halides is 3. The highest BCUT2D eigenvalue weighted by molar-refractivity contribution is 7.55. The normalized spacial score (nSPS) is 14.3. The van der Waals surface area contributed by atoms with Crippen LogP contribution in [0.1, 0.15) is 27.2 Å². The first-order valence-corrected chi connectivity index (χ1v) is 8.20. The third kappa shape index (κ3) is 5.64. The zero-order valence-corrected chi connectivity index (χ0v) is 13.6. The van der Waals surface area contributed by atoms with Gasteiger partial charge in [0, 0.05) is 6.42 Å². The lowest BCUT2D eigenvalue weighted by Gasteiger charge is -2.31. The molecule has 0 aromatic heterocycles. The molecule has 0 aromatic rings. The SMILES string of the molecule is CCOP(=O)(OCC)C(NC(=O)CC)C(Cl)(Cl)Cl. The summed E-state index contributed by atoms with van der Waals surface area (Å²) in [6.45, 7) is 5.09. The number of carbonyl (C=O) groups excluding carboxylic acids is 1. The summed E-state index contributed by atoms with van der Waals surface area (Å²) in [6.07, 6.45) is 0.162. The monoisotopic (exact) mass is 339 g/mol. The summed E-state index contributed by atoms with van der Waals surface area (Å²) in [5.41, 5.74) is 0. The fourth-order valence-corrected chi connectivity index (χ4v) is 4.13. The van der Waals surface area contributed by atoms with E-state index < -0.39 is 23.1 Å². The molecule has 0 heterocycles. The van der Waals surface area contributed by atoms with E-state index in [0.717, 1.165) is 0 Å². The van der Waals surface area contributed by atoms with Gasteiger partial charge in [-0.25, -0.2) is 0 Å². The lowest BCUT2D eigenvalue weighted by molar-refractivity contribution is -0.121. The first kappa shape index (κ1) is 18.5. The van der Waals surface area contributed by atoms with Gasteiger partial charge >= 0.3 is 7.60 Å². The van der Waals surface area contributed by atoms with E-state index in [0.29, 0.717) is 0 Å². The molecule has 108 valence electrons. The minimum atomic E-state index is -3.75. The average Bonchev–Trinajstić information content (AvgIpc) is 2.24. The second kappa shape index (κ2) is 7.93. The van der Waals surface area contributed by atoms with Crippen molar-refractivity contribution < 1.29 is 18.4 Å². The van der Waals surface area contributed by atoms with Crippen LogP contribution in [0.15, 0.2) is 0 Å². The molecule has 0 aliphatic heterocycles. The van der Waals surface area contributed by atoms with Crippen LogP contribution in [0.2, 0.25) is 0 Å². The van der Waals surface area contributed by atoms with Crippen molar-refractivity contribution in [2.24, 2.45) is 0 Å². The van der Waals surface area contributed by atoms with Crippen LogP contribution in [0.3, 0.4) is 0 Å². The van der Waals surface area contributed by atoms with Crippen molar-refractivity contribution in [3.8, 4) is 0 Å². The third-order valence-corrected chi connectivity index (χ3v) is 5.36. The van der Waals surface area contributed by atoms with Crippen molar-refractivity contribution in [1.29, 1.82) is 0 Å². The van der Waals surface area contributed by atoms with Gasteiger partial charge in [0.2, 0.25) is 9.70 Å². The van der Waals surface area contributed by atoms with E-state index in [9.17, 15) is 9.36 Å². The number of hydrogen-bond acceptors (Lipinski definition) is 4. The fourth-order valence-electron chi connectivity index (χ4n) is 1.14. The Balaban J connectivity index is 5.24. The molecule has 0 aromatic carbocycles. The lowest BCUT2D eigenvalue weighted by Crippen LogP contribution is -2.44. The summed E-state index contributed by atoms with van der Waals surface area (Å²) in [5, 5.41) is 2.37. The number of rotatable bonds is 7. The highest BCUT2D eigenvalue weighted by Gasteiger charge is 2.49. The molecule has 1 amide bonds. The maximum atomic E-state index is 12.5. The van der Waals surface area contributed by atoms with Crippen molar-refractivity contribution >= 4 is 48.3 Å². The van der Waals surface area contributed by atoms with Crippen LogP contribution in [0.5, 0.6) is 0 Å². The first-order chi connectivity index (χ1) is 8.21. The van der Waals surface area contributed by atoms with Gasteiger partial charge in [0.1, 0.15) is 0 Å². The number of halogens is 3. The van der Waals surface area contributed by atoms with Gasteiger partial charge in [-0.2, -0.15) is 0 Å². The Morgan fingerprint density at radius 1 is 1.22 bits per heavy atom. The molecule has 0 saturated heterocycles. The van der Waals surface area contributed by atoms with E-state index in [2.05, 4.69) is 5.32 Å². The predicted molar refractivity (Wildman–Crippen MR) is 73.4 cm³/mol. The van der Waals surface area contributed by atoms with Crippen molar-refractivity contribution in [1.82, 2.24) is 5.32 Å². The van der Waals surface area contributed by atoms with Crippen molar-refractivity contribution in [2.75, 3.05) is 13.2 Å². The van der Waals surface area contributed by atoms with E-state index in [1.165, 1.54) is 0 Å². The second-order valence-electron chi connectivity index (χ2n) is 3.24. The maximum Gasteiger partial charge on any atom is 0.357 e. The van der Waals surface area contributed by atoms with Crippen LogP contribution in [-0.4, -0.2) is 28.7 Å². The van der Waals surface area contributed by atoms with Gasteiger partial charge < -0.3 is 14.4 Å². The van der Waals surface area contributed by atoms with Gasteiger partial charge in [-0.3, -0.25) is 9.36 Å². The van der Waals surface area contributed by atoms with Crippen molar-refractivity contribution in [3.63, 3.8) is 0 Å². The molecule has 18 heavy (non-hydrogen) atoms. The van der Waals surface area contributed by atoms with Crippen LogP contribution in [0.4, 0.5) is 0 Å². The lowest BCUT2D eigenvalue weighted by atomic mass is 10.4. The molecule has 1 N–H and O–H groups in total. The molecule has 5 nitrogen and oxygen atoms in total. The first-order valence-electron chi connectivity index (χ1n) is 5.46. The molecule has 0 radical (unpaired) electrons. The Bertz CT molecular complexity index is 311. The van der Waals surface area contributed by atoms with Crippen LogP contribution < -0.4 is 5.32 Å². The molecular formula is C9H17Cl3NO4P. The minimum Gasteiger partial charge on any atom is -0.339 e. The van der Waals surface area contributed by atoms with E-state index in [-0.39, 0.29) is 19.6 Å². The van der Waals surface area contributed by atoms with Gasteiger partial charge in [-0.15, -0.1) is 0 Å². The maximum absolute atomic E-state index is 12.5. The number of hydrogen-bond donors (Lipinski definition) is 1. The molecule has 9 heteroatoms. The van der Waals surface area contributed by atoms with E-state index in [1.54, 1.807) is 20.8 Å². The molecule has 0 aliphatic rings. The topological polar surface area (TPSA) is 64.6 Å². The van der Waals surface area contributed by atoms with Gasteiger partial charge in [-0.1, -0.05) is 41.7 Å². The molecule has 0 spiro atoms. The van der Waals surface area contributed by atoms with Gasteiger partial charge in [-0.05, 0) is 13.8 Å². The Hall–Kier alpha value is 0.490. The predicted octanol–water partition coefficient (Wildman–Crippen LogP) is 3.48. The van der Waals surface area contributed by atoms with Crippen LogP contribution in [-0.2, 0) is 18.4 Å². The molecule has 0 bridgehead atoms. The number of amides is 1. The zero-order chi connectivity index (χ0) is 14.4.